The van der Waals surface area contributed by atoms with Crippen LogP contribution < -0.4 is 10.8 Å². The van der Waals surface area contributed by atoms with Gasteiger partial charge in [-0.3, -0.25) is 19.1 Å². The van der Waals surface area contributed by atoms with Gasteiger partial charge in [0.15, 0.2) is 0 Å². The van der Waals surface area contributed by atoms with E-state index in [1.165, 1.54) is 16.3 Å². The number of thioether (sulfide) groups is 1. The van der Waals surface area contributed by atoms with Crippen LogP contribution in [0.3, 0.4) is 0 Å². The Balaban J connectivity index is 2.01. The molecule has 1 N–H and O–H groups in total. The largest absolute Gasteiger partial charge is 0.324 e. The number of aromatic nitrogens is 1. The molecule has 1 aliphatic rings. The Kier molecular flexibility index (Phi) is 4.57. The molecule has 1 aromatic heterocycles. The summed E-state index contributed by atoms with van der Waals surface area (Å²) in [5.74, 6) is -0.212. The summed E-state index contributed by atoms with van der Waals surface area (Å²) in [4.78, 5) is 30.2. The number of nitrogens with one attached hydrogen (secondary N) is 1. The van der Waals surface area contributed by atoms with Gasteiger partial charge in [-0.25, -0.2) is 0 Å². The molecule has 3 rings (SSSR count). The van der Waals surface area contributed by atoms with Crippen LogP contribution in [0.25, 0.3) is 0 Å². The number of carbonyl (C=O) groups excluding carboxylic acids is 2. The summed E-state index contributed by atoms with van der Waals surface area (Å²) in [6.45, 7) is 5.80. The molecule has 1 aliphatic heterocycles. The molecule has 0 fully saturated rings. The van der Waals surface area contributed by atoms with E-state index in [0.717, 1.165) is 4.90 Å². The Morgan fingerprint density at radius 3 is 2.83 bits per heavy atom. The van der Waals surface area contributed by atoms with Gasteiger partial charge in [-0.1, -0.05) is 6.07 Å². The van der Waals surface area contributed by atoms with Crippen molar-refractivity contribution in [2.45, 2.75) is 37.0 Å². The van der Waals surface area contributed by atoms with Crippen molar-refractivity contribution in [2.24, 2.45) is 4.99 Å². The molecule has 0 aliphatic carbocycles. The topological polar surface area (TPSA) is 63.5 Å². The molecule has 124 valence electrons. The summed E-state index contributed by atoms with van der Waals surface area (Å²) < 4.78 is 1.53. The highest BCUT2D eigenvalue weighted by atomic mass is 32.2. The van der Waals surface area contributed by atoms with Gasteiger partial charge in [0.05, 0.1) is 10.9 Å². The lowest BCUT2D eigenvalue weighted by atomic mass is 10.1. The van der Waals surface area contributed by atoms with Crippen molar-refractivity contribution in [1.29, 1.82) is 0 Å². The molecule has 0 unspecified atom stereocenters. The zero-order valence-electron chi connectivity index (χ0n) is 13.8. The minimum absolute atomic E-state index is 0.0417. The van der Waals surface area contributed by atoms with Gasteiger partial charge in [0.25, 0.3) is 5.91 Å². The summed E-state index contributed by atoms with van der Waals surface area (Å²) in [5.41, 5.74) is 1.82. The van der Waals surface area contributed by atoms with E-state index in [2.05, 4.69) is 10.3 Å². The number of nitrogens with zero attached hydrogens (tertiary/aromatic N) is 2. The minimum Gasteiger partial charge on any atom is -0.324 e. The van der Waals surface area contributed by atoms with Crippen molar-refractivity contribution in [2.75, 3.05) is 5.32 Å². The van der Waals surface area contributed by atoms with E-state index in [-0.39, 0.29) is 23.1 Å². The fourth-order valence-electron chi connectivity index (χ4n) is 2.46. The SMILES string of the molecule is CC(C)N=c1ccccn1C(=O)c1ccc2c(c1)NC(=O)[C@H](C)S2. The Morgan fingerprint density at radius 2 is 2.08 bits per heavy atom. The molecular weight excluding hydrogens is 322 g/mol. The van der Waals surface area contributed by atoms with Gasteiger partial charge in [-0.15, -0.1) is 11.8 Å². The first-order chi connectivity index (χ1) is 11.5. The van der Waals surface area contributed by atoms with Crippen LogP contribution >= 0.6 is 11.8 Å². The van der Waals surface area contributed by atoms with Crippen LogP contribution in [0.1, 0.15) is 31.1 Å². The Morgan fingerprint density at radius 1 is 1.29 bits per heavy atom. The molecule has 1 atom stereocenters. The predicted octanol–water partition coefficient (Wildman–Crippen LogP) is 2.92. The number of hydrogen-bond donors (Lipinski definition) is 1. The Bertz CT molecular complexity index is 871. The molecular formula is C18H19N3O2S. The third-order valence-corrected chi connectivity index (χ3v) is 4.78. The number of hydrogen-bond acceptors (Lipinski definition) is 4. The van der Waals surface area contributed by atoms with Crippen molar-refractivity contribution in [3.8, 4) is 0 Å². The number of carbonyl (C=O) groups is 2. The van der Waals surface area contributed by atoms with E-state index in [0.29, 0.717) is 16.7 Å². The van der Waals surface area contributed by atoms with Crippen molar-refractivity contribution in [3.05, 3.63) is 53.6 Å². The molecule has 0 saturated carbocycles. The molecule has 0 spiro atoms. The van der Waals surface area contributed by atoms with Crippen LogP contribution in [-0.2, 0) is 4.79 Å². The fraction of sp³-hybridized carbons (Fsp3) is 0.278. The van der Waals surface area contributed by atoms with Crippen LogP contribution in [-0.4, -0.2) is 27.7 Å². The molecule has 2 heterocycles. The number of anilines is 1. The van der Waals surface area contributed by atoms with Crippen LogP contribution in [0, 0.1) is 0 Å². The van der Waals surface area contributed by atoms with Gasteiger partial charge in [-0.05, 0) is 51.1 Å². The second kappa shape index (κ2) is 6.65. The summed E-state index contributed by atoms with van der Waals surface area (Å²) >= 11 is 1.50. The standard InChI is InChI=1S/C18H19N3O2S/c1-11(2)19-16-6-4-5-9-21(16)18(23)13-7-8-15-14(10-13)20-17(22)12(3)24-15/h4-12H,1-3H3,(H,20,22)/t12-/m0/s1. The van der Waals surface area contributed by atoms with Crippen LogP contribution in [0.5, 0.6) is 0 Å². The number of rotatable bonds is 2. The van der Waals surface area contributed by atoms with Crippen LogP contribution in [0.4, 0.5) is 5.69 Å². The number of fused-ring (bicyclic) bond motifs is 1. The predicted molar refractivity (Wildman–Crippen MR) is 95.3 cm³/mol. The number of benzene rings is 1. The third-order valence-electron chi connectivity index (χ3n) is 3.60. The molecule has 1 amide bonds. The normalized spacial score (nSPS) is 17.6. The maximum Gasteiger partial charge on any atom is 0.263 e. The summed E-state index contributed by atoms with van der Waals surface area (Å²) in [6.07, 6.45) is 1.71. The lowest BCUT2D eigenvalue weighted by molar-refractivity contribution is -0.115. The van der Waals surface area contributed by atoms with Crippen molar-refractivity contribution >= 4 is 29.3 Å². The maximum absolute atomic E-state index is 12.9. The van der Waals surface area contributed by atoms with Crippen molar-refractivity contribution in [3.63, 3.8) is 0 Å². The quantitative estimate of drug-likeness (QED) is 0.913. The summed E-state index contributed by atoms with van der Waals surface area (Å²) in [6, 6.07) is 11.0. The van der Waals surface area contributed by atoms with Gasteiger partial charge in [-0.2, -0.15) is 0 Å². The first kappa shape index (κ1) is 16.5. The van der Waals surface area contributed by atoms with E-state index < -0.39 is 0 Å². The van der Waals surface area contributed by atoms with E-state index >= 15 is 0 Å². The second-order valence-electron chi connectivity index (χ2n) is 5.92. The van der Waals surface area contributed by atoms with E-state index in [9.17, 15) is 9.59 Å². The first-order valence-electron chi connectivity index (χ1n) is 7.83. The fourth-order valence-corrected chi connectivity index (χ4v) is 3.39. The highest BCUT2D eigenvalue weighted by Crippen LogP contribution is 2.35. The molecule has 5 nitrogen and oxygen atoms in total. The monoisotopic (exact) mass is 341 g/mol. The third kappa shape index (κ3) is 3.28. The molecule has 24 heavy (non-hydrogen) atoms. The van der Waals surface area contributed by atoms with Gasteiger partial charge < -0.3 is 5.32 Å². The van der Waals surface area contributed by atoms with Crippen molar-refractivity contribution < 1.29 is 9.59 Å². The zero-order valence-corrected chi connectivity index (χ0v) is 14.6. The first-order valence-corrected chi connectivity index (χ1v) is 8.71. The molecule has 0 bridgehead atoms. The summed E-state index contributed by atoms with van der Waals surface area (Å²) in [7, 11) is 0. The lowest BCUT2D eigenvalue weighted by Gasteiger charge is -2.21. The van der Waals surface area contributed by atoms with Crippen LogP contribution in [0.2, 0.25) is 0 Å². The van der Waals surface area contributed by atoms with Gasteiger partial charge in [0, 0.05) is 22.7 Å². The molecule has 6 heteroatoms. The molecule has 2 aromatic rings. The molecule has 0 saturated heterocycles. The van der Waals surface area contributed by atoms with Gasteiger partial charge in [0.2, 0.25) is 5.91 Å². The lowest BCUT2D eigenvalue weighted by Crippen LogP contribution is -2.29. The zero-order chi connectivity index (χ0) is 17.3. The highest BCUT2D eigenvalue weighted by Gasteiger charge is 2.24. The highest BCUT2D eigenvalue weighted by molar-refractivity contribution is 8.00. The Labute approximate surface area is 144 Å². The molecule has 0 radical (unpaired) electrons. The van der Waals surface area contributed by atoms with E-state index in [4.69, 9.17) is 0 Å². The van der Waals surface area contributed by atoms with E-state index in [1.54, 1.807) is 24.4 Å². The van der Waals surface area contributed by atoms with Gasteiger partial charge >= 0.3 is 0 Å². The molecule has 1 aromatic carbocycles. The minimum atomic E-state index is -0.171. The number of pyridine rings is 1. The second-order valence-corrected chi connectivity index (χ2v) is 7.30. The van der Waals surface area contributed by atoms with Crippen molar-refractivity contribution in [1.82, 2.24) is 4.57 Å². The maximum atomic E-state index is 12.9. The number of amides is 1. The summed E-state index contributed by atoms with van der Waals surface area (Å²) in [5, 5.41) is 2.73. The average Bonchev–Trinajstić information content (AvgIpc) is 2.55. The average molecular weight is 341 g/mol. The van der Waals surface area contributed by atoms with Crippen LogP contribution in [0.15, 0.2) is 52.5 Å². The van der Waals surface area contributed by atoms with E-state index in [1.807, 2.05) is 39.0 Å². The smallest absolute Gasteiger partial charge is 0.263 e. The van der Waals surface area contributed by atoms with Gasteiger partial charge in [0.1, 0.15) is 5.49 Å². The Hall–Kier alpha value is -2.34.